The largest absolute Gasteiger partial charge is 0.497 e. The lowest BCUT2D eigenvalue weighted by atomic mass is 9.72. The number of nitrogens with one attached hydrogen (secondary N) is 1. The molecule has 0 bridgehead atoms. The molecule has 1 heterocycles. The van der Waals surface area contributed by atoms with Gasteiger partial charge in [0.25, 0.3) is 5.91 Å². The van der Waals surface area contributed by atoms with Crippen LogP contribution in [0.3, 0.4) is 0 Å². The molecule has 0 fully saturated rings. The van der Waals surface area contributed by atoms with Gasteiger partial charge in [-0.15, -0.1) is 11.3 Å². The van der Waals surface area contributed by atoms with Gasteiger partial charge < -0.3 is 24.3 Å². The fourth-order valence-electron chi connectivity index (χ4n) is 4.79. The number of nitrogens with zero attached hydrogens (tertiary/aromatic N) is 1. The molecule has 202 valence electrons. The molecule has 1 atom stereocenters. The van der Waals surface area contributed by atoms with Crippen LogP contribution in [0.5, 0.6) is 23.0 Å². The number of hydrogen-bond acceptors (Lipinski definition) is 7. The standard InChI is InChI=1S/C30H36N2O5S/c1-30(2,3)19-8-13-22-26(15-19)38-29(27(22)28(33)32-20-9-11-21(34-4)12-10-20)31-17-18-14-24(36-6)25(37-7)16-23(18)35-5/h9-12,14,16-17,19H,8,13,15H2,1-7H3,(H,32,33)/t19-/m0/s1. The molecular weight excluding hydrogens is 500 g/mol. The van der Waals surface area contributed by atoms with Crippen molar-refractivity contribution in [3.63, 3.8) is 0 Å². The van der Waals surface area contributed by atoms with Crippen molar-refractivity contribution in [2.75, 3.05) is 33.8 Å². The molecule has 0 radical (unpaired) electrons. The number of carbonyl (C=O) groups excluding carboxylic acids is 1. The van der Waals surface area contributed by atoms with Crippen LogP contribution < -0.4 is 24.3 Å². The third-order valence-corrected chi connectivity index (χ3v) is 8.27. The van der Waals surface area contributed by atoms with Gasteiger partial charge in [0, 0.05) is 28.4 Å². The van der Waals surface area contributed by atoms with Crippen molar-refractivity contribution in [1.29, 1.82) is 0 Å². The van der Waals surface area contributed by atoms with Crippen LogP contribution in [-0.2, 0) is 12.8 Å². The lowest BCUT2D eigenvalue weighted by Gasteiger charge is -2.33. The van der Waals surface area contributed by atoms with Crippen molar-refractivity contribution in [1.82, 2.24) is 0 Å². The number of hydrogen-bond donors (Lipinski definition) is 1. The Morgan fingerprint density at radius 1 is 0.974 bits per heavy atom. The van der Waals surface area contributed by atoms with Crippen molar-refractivity contribution in [2.24, 2.45) is 16.3 Å². The summed E-state index contributed by atoms with van der Waals surface area (Å²) in [5, 5.41) is 3.75. The molecule has 1 aliphatic carbocycles. The molecule has 0 saturated heterocycles. The van der Waals surface area contributed by atoms with Crippen LogP contribution in [-0.4, -0.2) is 40.6 Å². The van der Waals surface area contributed by atoms with E-state index in [9.17, 15) is 4.79 Å². The topological polar surface area (TPSA) is 78.4 Å². The predicted molar refractivity (Wildman–Crippen MR) is 154 cm³/mol. The minimum absolute atomic E-state index is 0.159. The Kier molecular flexibility index (Phi) is 8.31. The van der Waals surface area contributed by atoms with Crippen LogP contribution in [0.15, 0.2) is 41.4 Å². The van der Waals surface area contributed by atoms with Crippen molar-refractivity contribution in [3.8, 4) is 23.0 Å². The maximum Gasteiger partial charge on any atom is 0.259 e. The summed E-state index contributed by atoms with van der Waals surface area (Å²) in [5.41, 5.74) is 3.38. The highest BCUT2D eigenvalue weighted by Crippen LogP contribution is 2.45. The highest BCUT2D eigenvalue weighted by Gasteiger charge is 2.33. The van der Waals surface area contributed by atoms with Crippen LogP contribution in [0, 0.1) is 11.3 Å². The van der Waals surface area contributed by atoms with Gasteiger partial charge in [0.15, 0.2) is 11.5 Å². The van der Waals surface area contributed by atoms with E-state index in [-0.39, 0.29) is 11.3 Å². The number of anilines is 1. The van der Waals surface area contributed by atoms with Crippen LogP contribution >= 0.6 is 11.3 Å². The Labute approximate surface area is 228 Å². The Morgan fingerprint density at radius 2 is 1.63 bits per heavy atom. The molecule has 3 aromatic rings. The van der Waals surface area contributed by atoms with E-state index in [0.717, 1.165) is 36.1 Å². The average Bonchev–Trinajstić information content (AvgIpc) is 3.29. The van der Waals surface area contributed by atoms with Crippen molar-refractivity contribution >= 4 is 34.1 Å². The van der Waals surface area contributed by atoms with Crippen LogP contribution in [0.1, 0.15) is 53.6 Å². The SMILES string of the molecule is COc1ccc(NC(=O)c2c(N=Cc3cc(OC)c(OC)cc3OC)sc3c2CC[C@H](C(C)(C)C)C3)cc1. The lowest BCUT2D eigenvalue weighted by molar-refractivity contribution is 0.102. The Bertz CT molecular complexity index is 1320. The van der Waals surface area contributed by atoms with E-state index in [0.29, 0.717) is 39.4 Å². The molecule has 1 aromatic heterocycles. The van der Waals surface area contributed by atoms with Crippen LogP contribution in [0.25, 0.3) is 0 Å². The Balaban J connectivity index is 1.74. The van der Waals surface area contributed by atoms with Gasteiger partial charge in [-0.3, -0.25) is 4.79 Å². The average molecular weight is 537 g/mol. The summed E-state index contributed by atoms with van der Waals surface area (Å²) in [6, 6.07) is 10.9. The molecular formula is C30H36N2O5S. The van der Waals surface area contributed by atoms with E-state index in [1.165, 1.54) is 4.88 Å². The zero-order valence-corrected chi connectivity index (χ0v) is 24.0. The predicted octanol–water partition coefficient (Wildman–Crippen LogP) is 6.94. The van der Waals surface area contributed by atoms with E-state index in [4.69, 9.17) is 23.9 Å². The molecule has 1 amide bonds. The summed E-state index contributed by atoms with van der Waals surface area (Å²) in [6.07, 6.45) is 4.57. The molecule has 1 aliphatic rings. The summed E-state index contributed by atoms with van der Waals surface area (Å²) in [5.74, 6) is 2.87. The van der Waals surface area contributed by atoms with Crippen molar-refractivity contribution < 1.29 is 23.7 Å². The van der Waals surface area contributed by atoms with Crippen LogP contribution in [0.4, 0.5) is 10.7 Å². The quantitative estimate of drug-likeness (QED) is 0.316. The molecule has 38 heavy (non-hydrogen) atoms. The number of aliphatic imine (C=N–C) groups is 1. The van der Waals surface area contributed by atoms with E-state index < -0.39 is 0 Å². The molecule has 0 unspecified atom stereocenters. The number of thiophene rings is 1. The third kappa shape index (κ3) is 5.80. The summed E-state index contributed by atoms with van der Waals surface area (Å²) in [7, 11) is 6.39. The lowest BCUT2D eigenvalue weighted by Crippen LogP contribution is -2.27. The molecule has 8 heteroatoms. The summed E-state index contributed by atoms with van der Waals surface area (Å²) in [6.45, 7) is 6.86. The minimum Gasteiger partial charge on any atom is -0.497 e. The minimum atomic E-state index is -0.159. The molecule has 0 aliphatic heterocycles. The Morgan fingerprint density at radius 3 is 2.24 bits per heavy atom. The number of methoxy groups -OCH3 is 4. The number of benzene rings is 2. The van der Waals surface area contributed by atoms with Gasteiger partial charge in [-0.05, 0) is 66.5 Å². The number of carbonyl (C=O) groups is 1. The number of amides is 1. The zero-order chi connectivity index (χ0) is 27.4. The van der Waals surface area contributed by atoms with E-state index in [2.05, 4.69) is 26.1 Å². The van der Waals surface area contributed by atoms with Gasteiger partial charge >= 0.3 is 0 Å². The maximum atomic E-state index is 13.6. The molecule has 0 saturated carbocycles. The van der Waals surface area contributed by atoms with Gasteiger partial charge in [-0.2, -0.15) is 0 Å². The summed E-state index contributed by atoms with van der Waals surface area (Å²) < 4.78 is 21.7. The number of fused-ring (bicyclic) bond motifs is 1. The molecule has 0 spiro atoms. The second-order valence-electron chi connectivity index (χ2n) is 10.4. The first-order chi connectivity index (χ1) is 18.2. The van der Waals surface area contributed by atoms with Gasteiger partial charge in [0.1, 0.15) is 16.5 Å². The molecule has 7 nitrogen and oxygen atoms in total. The van der Waals surface area contributed by atoms with Gasteiger partial charge in [-0.25, -0.2) is 4.99 Å². The smallest absolute Gasteiger partial charge is 0.259 e. The normalized spacial score (nSPS) is 15.2. The van der Waals surface area contributed by atoms with E-state index in [1.54, 1.807) is 52.1 Å². The number of ether oxygens (including phenoxy) is 4. The Hall–Kier alpha value is -3.52. The maximum absolute atomic E-state index is 13.6. The fraction of sp³-hybridized carbons (Fsp3) is 0.400. The number of rotatable bonds is 8. The summed E-state index contributed by atoms with van der Waals surface area (Å²) in [4.78, 5) is 19.7. The first-order valence-corrected chi connectivity index (χ1v) is 13.4. The first kappa shape index (κ1) is 27.5. The highest BCUT2D eigenvalue weighted by molar-refractivity contribution is 7.16. The monoisotopic (exact) mass is 536 g/mol. The summed E-state index contributed by atoms with van der Waals surface area (Å²) >= 11 is 1.60. The van der Waals surface area contributed by atoms with Crippen molar-refractivity contribution in [2.45, 2.75) is 40.0 Å². The molecule has 2 aromatic carbocycles. The molecule has 4 rings (SSSR count). The van der Waals surface area contributed by atoms with Crippen molar-refractivity contribution in [3.05, 3.63) is 58.0 Å². The first-order valence-electron chi connectivity index (χ1n) is 12.6. The van der Waals surface area contributed by atoms with Gasteiger partial charge in [0.2, 0.25) is 0 Å². The zero-order valence-electron chi connectivity index (χ0n) is 23.1. The highest BCUT2D eigenvalue weighted by atomic mass is 32.1. The van der Waals surface area contributed by atoms with E-state index >= 15 is 0 Å². The van der Waals surface area contributed by atoms with Gasteiger partial charge in [0.05, 0.1) is 34.0 Å². The van der Waals surface area contributed by atoms with Gasteiger partial charge in [-0.1, -0.05) is 20.8 Å². The second kappa shape index (κ2) is 11.5. The van der Waals surface area contributed by atoms with Crippen LogP contribution in [0.2, 0.25) is 0 Å². The van der Waals surface area contributed by atoms with E-state index in [1.807, 2.05) is 30.3 Å². The second-order valence-corrected chi connectivity index (χ2v) is 11.5. The third-order valence-electron chi connectivity index (χ3n) is 7.10. The molecule has 1 N–H and O–H groups in total. The fourth-order valence-corrected chi connectivity index (χ4v) is 6.05.